The first-order chi connectivity index (χ1) is 10.3. The Kier molecular flexibility index (Phi) is 10.1. The van der Waals surface area contributed by atoms with E-state index in [-0.39, 0.29) is 12.5 Å². The van der Waals surface area contributed by atoms with Gasteiger partial charge < -0.3 is 10.4 Å². The van der Waals surface area contributed by atoms with Crippen molar-refractivity contribution in [3.8, 4) is 11.8 Å². The summed E-state index contributed by atoms with van der Waals surface area (Å²) < 4.78 is 0. The van der Waals surface area contributed by atoms with Crippen LogP contribution in [0.1, 0.15) is 46.7 Å². The second-order valence-electron chi connectivity index (χ2n) is 4.60. The zero-order valence-electron chi connectivity index (χ0n) is 12.5. The van der Waals surface area contributed by atoms with Crippen LogP contribution in [0.2, 0.25) is 0 Å². The molecule has 3 nitrogen and oxygen atoms in total. The molecule has 1 rings (SSSR count). The van der Waals surface area contributed by atoms with Crippen LogP contribution in [0.4, 0.5) is 0 Å². The summed E-state index contributed by atoms with van der Waals surface area (Å²) in [4.78, 5) is 13.5. The molecule has 116 valence electrons. The summed E-state index contributed by atoms with van der Waals surface area (Å²) in [5, 5.41) is 11.6. The largest absolute Gasteiger partial charge is 0.395 e. The van der Waals surface area contributed by atoms with Gasteiger partial charge in [0, 0.05) is 13.0 Å². The molecule has 0 bridgehead atoms. The van der Waals surface area contributed by atoms with E-state index in [1.54, 1.807) is 6.07 Å². The van der Waals surface area contributed by atoms with E-state index in [0.717, 1.165) is 17.8 Å². The molecule has 2 N–H and O–H groups in total. The molecule has 0 unspecified atom stereocenters. The van der Waals surface area contributed by atoms with Gasteiger partial charge in [-0.1, -0.05) is 24.7 Å². The highest BCUT2D eigenvalue weighted by molar-refractivity contribution is 7.98. The predicted octanol–water partition coefficient (Wildman–Crippen LogP) is 3.14. The standard InChI is InChI=1S/C16H23NO2S2/c1-20-13-7-3-2-5-11-17-16(19)15-10-9-14(21-15)8-4-6-12-18/h9-10,18H,2-3,5-7,11-13H2,1H3,(H,17,19). The minimum Gasteiger partial charge on any atom is -0.395 e. The van der Waals surface area contributed by atoms with Gasteiger partial charge in [-0.2, -0.15) is 11.8 Å². The molecule has 0 atom stereocenters. The normalized spacial score (nSPS) is 10.0. The molecule has 1 amide bonds. The van der Waals surface area contributed by atoms with Crippen molar-refractivity contribution in [2.75, 3.05) is 25.2 Å². The maximum Gasteiger partial charge on any atom is 0.261 e. The summed E-state index contributed by atoms with van der Waals surface area (Å²) in [7, 11) is 0. The Labute approximate surface area is 135 Å². The van der Waals surface area contributed by atoms with E-state index in [9.17, 15) is 4.79 Å². The number of hydrogen-bond donors (Lipinski definition) is 2. The molecule has 1 heterocycles. The van der Waals surface area contributed by atoms with Crippen LogP contribution in [0.5, 0.6) is 0 Å². The zero-order chi connectivity index (χ0) is 15.3. The minimum atomic E-state index is -0.0145. The van der Waals surface area contributed by atoms with Crippen LogP contribution in [-0.4, -0.2) is 36.2 Å². The van der Waals surface area contributed by atoms with Crippen LogP contribution in [0.15, 0.2) is 12.1 Å². The van der Waals surface area contributed by atoms with Crippen molar-refractivity contribution in [3.05, 3.63) is 21.9 Å². The Balaban J connectivity index is 2.22. The van der Waals surface area contributed by atoms with Gasteiger partial charge in [0.15, 0.2) is 0 Å². The second kappa shape index (κ2) is 11.7. The lowest BCUT2D eigenvalue weighted by Gasteiger charge is -2.03. The van der Waals surface area contributed by atoms with E-state index in [4.69, 9.17) is 5.11 Å². The third-order valence-electron chi connectivity index (χ3n) is 2.84. The molecular weight excluding hydrogens is 302 g/mol. The van der Waals surface area contributed by atoms with Crippen molar-refractivity contribution in [2.24, 2.45) is 0 Å². The molecule has 0 fully saturated rings. The lowest BCUT2D eigenvalue weighted by Crippen LogP contribution is -2.23. The smallest absolute Gasteiger partial charge is 0.261 e. The SMILES string of the molecule is CSCCCCCCNC(=O)c1ccc(C#CCCO)s1. The van der Waals surface area contributed by atoms with Gasteiger partial charge in [-0.15, -0.1) is 11.3 Å². The van der Waals surface area contributed by atoms with Gasteiger partial charge in [0.2, 0.25) is 0 Å². The molecule has 21 heavy (non-hydrogen) atoms. The Morgan fingerprint density at radius 3 is 2.90 bits per heavy atom. The van der Waals surface area contributed by atoms with Gasteiger partial charge in [-0.05, 0) is 37.0 Å². The fourth-order valence-corrected chi connectivity index (χ4v) is 3.04. The summed E-state index contributed by atoms with van der Waals surface area (Å²) in [5.41, 5.74) is 0. The van der Waals surface area contributed by atoms with Crippen molar-refractivity contribution in [3.63, 3.8) is 0 Å². The molecule has 1 aromatic heterocycles. The zero-order valence-corrected chi connectivity index (χ0v) is 14.1. The molecule has 1 aromatic rings. The lowest BCUT2D eigenvalue weighted by atomic mass is 10.2. The fourth-order valence-electron chi connectivity index (χ4n) is 1.75. The molecule has 0 aliphatic heterocycles. The monoisotopic (exact) mass is 325 g/mol. The molecule has 0 aliphatic rings. The number of carbonyl (C=O) groups excluding carboxylic acids is 1. The van der Waals surface area contributed by atoms with Crippen LogP contribution in [0.25, 0.3) is 0 Å². The summed E-state index contributed by atoms with van der Waals surface area (Å²) in [6, 6.07) is 3.66. The average molecular weight is 325 g/mol. The molecule has 5 heteroatoms. The third-order valence-corrected chi connectivity index (χ3v) is 4.54. The van der Waals surface area contributed by atoms with Crippen molar-refractivity contribution >= 4 is 29.0 Å². The van der Waals surface area contributed by atoms with E-state index < -0.39 is 0 Å². The Hall–Kier alpha value is -0.960. The molecule has 0 radical (unpaired) electrons. The van der Waals surface area contributed by atoms with E-state index in [1.807, 2.05) is 17.8 Å². The summed E-state index contributed by atoms with van der Waals surface area (Å²) in [6.45, 7) is 0.810. The van der Waals surface area contributed by atoms with Crippen molar-refractivity contribution in [1.29, 1.82) is 0 Å². The molecule has 0 saturated heterocycles. The summed E-state index contributed by atoms with van der Waals surface area (Å²) in [5.74, 6) is 7.01. The number of thiophene rings is 1. The number of aliphatic hydroxyl groups excluding tert-OH is 1. The van der Waals surface area contributed by atoms with E-state index in [0.29, 0.717) is 11.3 Å². The molecule has 0 aromatic carbocycles. The van der Waals surface area contributed by atoms with Gasteiger partial charge in [-0.3, -0.25) is 4.79 Å². The van der Waals surface area contributed by atoms with Crippen molar-refractivity contribution < 1.29 is 9.90 Å². The highest BCUT2D eigenvalue weighted by atomic mass is 32.2. The van der Waals surface area contributed by atoms with Crippen molar-refractivity contribution in [2.45, 2.75) is 32.1 Å². The van der Waals surface area contributed by atoms with Gasteiger partial charge in [0.05, 0.1) is 16.4 Å². The number of unbranched alkanes of at least 4 members (excludes halogenated alkanes) is 3. The minimum absolute atomic E-state index is 0.0145. The highest BCUT2D eigenvalue weighted by Gasteiger charge is 2.07. The van der Waals surface area contributed by atoms with Gasteiger partial charge in [0.1, 0.15) is 0 Å². The van der Waals surface area contributed by atoms with E-state index >= 15 is 0 Å². The van der Waals surface area contributed by atoms with Crippen LogP contribution in [0.3, 0.4) is 0 Å². The average Bonchev–Trinajstić information content (AvgIpc) is 2.95. The molecule has 0 aliphatic carbocycles. The summed E-state index contributed by atoms with van der Waals surface area (Å²) >= 11 is 3.28. The predicted molar refractivity (Wildman–Crippen MR) is 92.1 cm³/mol. The number of amides is 1. The summed E-state index contributed by atoms with van der Waals surface area (Å²) in [6.07, 6.45) is 7.30. The Morgan fingerprint density at radius 1 is 1.33 bits per heavy atom. The van der Waals surface area contributed by atoms with E-state index in [2.05, 4.69) is 23.4 Å². The first kappa shape index (κ1) is 18.1. The second-order valence-corrected chi connectivity index (χ2v) is 6.67. The topological polar surface area (TPSA) is 49.3 Å². The van der Waals surface area contributed by atoms with E-state index in [1.165, 1.54) is 36.4 Å². The third kappa shape index (κ3) is 8.15. The first-order valence-corrected chi connectivity index (χ1v) is 9.45. The van der Waals surface area contributed by atoms with Gasteiger partial charge in [0.25, 0.3) is 5.91 Å². The van der Waals surface area contributed by atoms with Gasteiger partial charge in [-0.25, -0.2) is 0 Å². The quantitative estimate of drug-likeness (QED) is 0.542. The maximum atomic E-state index is 11.9. The number of carbonyl (C=O) groups is 1. The highest BCUT2D eigenvalue weighted by Crippen LogP contribution is 2.15. The number of rotatable bonds is 9. The molecule has 0 spiro atoms. The fraction of sp³-hybridized carbons (Fsp3) is 0.562. The maximum absolute atomic E-state index is 11.9. The Morgan fingerprint density at radius 2 is 2.14 bits per heavy atom. The molecule has 0 saturated carbocycles. The number of aliphatic hydroxyl groups is 1. The molecular formula is C16H23NO2S2. The van der Waals surface area contributed by atoms with Crippen LogP contribution in [0, 0.1) is 11.8 Å². The Bertz CT molecular complexity index is 474. The van der Waals surface area contributed by atoms with Crippen LogP contribution in [-0.2, 0) is 0 Å². The van der Waals surface area contributed by atoms with Gasteiger partial charge >= 0.3 is 0 Å². The number of hydrogen-bond acceptors (Lipinski definition) is 4. The number of thioether (sulfide) groups is 1. The van der Waals surface area contributed by atoms with Crippen molar-refractivity contribution in [1.82, 2.24) is 5.32 Å². The first-order valence-electron chi connectivity index (χ1n) is 7.24. The lowest BCUT2D eigenvalue weighted by molar-refractivity contribution is 0.0957. The van der Waals surface area contributed by atoms with Crippen LogP contribution < -0.4 is 5.32 Å². The van der Waals surface area contributed by atoms with Crippen LogP contribution >= 0.6 is 23.1 Å². The number of nitrogens with one attached hydrogen (secondary N) is 1.